The Hall–Kier alpha value is -2.11. The largest absolute Gasteiger partial charge is 0.497 e. The van der Waals surface area contributed by atoms with E-state index in [1.54, 1.807) is 18.9 Å². The minimum absolute atomic E-state index is 0.0731. The maximum Gasteiger partial charge on any atom is 0.127 e. The minimum atomic E-state index is -0.0731. The van der Waals surface area contributed by atoms with E-state index in [-0.39, 0.29) is 11.4 Å². The zero-order valence-electron chi connectivity index (χ0n) is 14.6. The van der Waals surface area contributed by atoms with Gasteiger partial charge >= 0.3 is 0 Å². The summed E-state index contributed by atoms with van der Waals surface area (Å²) in [4.78, 5) is 0. The molecule has 132 valence electrons. The van der Waals surface area contributed by atoms with E-state index in [1.165, 1.54) is 11.1 Å². The number of allylic oxidation sites excluding steroid dienone is 1. The molecule has 2 atom stereocenters. The van der Waals surface area contributed by atoms with Crippen molar-refractivity contribution < 1.29 is 9.47 Å². The fourth-order valence-electron chi connectivity index (χ4n) is 2.93. The first-order valence-electron chi connectivity index (χ1n) is 8.43. The number of methoxy groups -OCH3 is 1. The molecule has 1 aliphatic rings. The summed E-state index contributed by atoms with van der Waals surface area (Å²) < 4.78 is 10.8. The second kappa shape index (κ2) is 8.32. The Bertz CT molecular complexity index is 713. The summed E-state index contributed by atoms with van der Waals surface area (Å²) in [5.41, 5.74) is 9.59. The van der Waals surface area contributed by atoms with Crippen molar-refractivity contribution in [2.24, 2.45) is 5.73 Å². The number of thioether (sulfide) groups is 1. The highest BCUT2D eigenvalue weighted by atomic mass is 32.2. The number of benzene rings is 2. The molecular weight excluding hydrogens is 332 g/mol. The molecule has 0 radical (unpaired) electrons. The van der Waals surface area contributed by atoms with Gasteiger partial charge in [-0.3, -0.25) is 0 Å². The topological polar surface area (TPSA) is 56.5 Å². The molecule has 2 unspecified atom stereocenters. The van der Waals surface area contributed by atoms with Crippen molar-refractivity contribution in [2.75, 3.05) is 13.7 Å². The summed E-state index contributed by atoms with van der Waals surface area (Å²) in [6.45, 7) is 2.67. The maximum absolute atomic E-state index is 6.00. The van der Waals surface area contributed by atoms with Gasteiger partial charge in [0, 0.05) is 11.6 Å². The molecule has 0 fully saturated rings. The van der Waals surface area contributed by atoms with Crippen molar-refractivity contribution in [1.29, 1.82) is 0 Å². The van der Waals surface area contributed by atoms with Crippen LogP contribution in [0.1, 0.15) is 24.0 Å². The van der Waals surface area contributed by atoms with Gasteiger partial charge in [-0.1, -0.05) is 36.0 Å². The van der Waals surface area contributed by atoms with Gasteiger partial charge in [0.2, 0.25) is 0 Å². The number of hydrogen-bond donors (Lipinski definition) is 2. The van der Waals surface area contributed by atoms with Crippen LogP contribution in [0.15, 0.2) is 59.6 Å². The highest BCUT2D eigenvalue weighted by Crippen LogP contribution is 2.33. The molecule has 0 spiro atoms. The monoisotopic (exact) mass is 356 g/mol. The van der Waals surface area contributed by atoms with Gasteiger partial charge in [-0.25, -0.2) is 0 Å². The van der Waals surface area contributed by atoms with Crippen LogP contribution in [0.5, 0.6) is 11.5 Å². The maximum atomic E-state index is 6.00. The van der Waals surface area contributed by atoms with E-state index in [9.17, 15) is 0 Å². The zero-order valence-corrected chi connectivity index (χ0v) is 15.4. The van der Waals surface area contributed by atoms with E-state index in [0.29, 0.717) is 6.61 Å². The van der Waals surface area contributed by atoms with Gasteiger partial charge in [0.25, 0.3) is 0 Å². The molecule has 0 bridgehead atoms. The summed E-state index contributed by atoms with van der Waals surface area (Å²) >= 11 is 1.62. The first-order valence-corrected chi connectivity index (χ1v) is 9.37. The van der Waals surface area contributed by atoms with Crippen molar-refractivity contribution in [3.63, 3.8) is 0 Å². The van der Waals surface area contributed by atoms with E-state index in [2.05, 4.69) is 35.0 Å². The van der Waals surface area contributed by atoms with Crippen molar-refractivity contribution in [2.45, 2.75) is 24.8 Å². The second-order valence-electron chi connectivity index (χ2n) is 5.88. The third-order valence-corrected chi connectivity index (χ3v) is 5.02. The standard InChI is InChI=1S/C20H24N2O2S/c1-3-24-17-10-6-15(7-11-17)18(19-13-25-20(21)22-19)12-14-4-8-16(23-2)9-5-14/h4-11,13,18,20,22H,3,12,21H2,1-2H3. The predicted octanol–water partition coefficient (Wildman–Crippen LogP) is 3.84. The molecule has 2 aromatic carbocycles. The average molecular weight is 356 g/mol. The molecule has 0 saturated carbocycles. The third kappa shape index (κ3) is 4.50. The minimum Gasteiger partial charge on any atom is -0.497 e. The van der Waals surface area contributed by atoms with Gasteiger partial charge < -0.3 is 20.5 Å². The molecule has 2 aromatic rings. The SMILES string of the molecule is CCOc1ccc(C(Cc2ccc(OC)cc2)C2=CSC(N)N2)cc1. The van der Waals surface area contributed by atoms with Gasteiger partial charge in [-0.05, 0) is 54.1 Å². The molecular formula is C20H24N2O2S. The molecule has 3 N–H and O–H groups in total. The van der Waals surface area contributed by atoms with Crippen LogP contribution in [0.3, 0.4) is 0 Å². The van der Waals surface area contributed by atoms with Gasteiger partial charge in [0.15, 0.2) is 0 Å². The Kier molecular flexibility index (Phi) is 5.89. The first-order chi connectivity index (χ1) is 12.2. The second-order valence-corrected chi connectivity index (χ2v) is 6.90. The Labute approximate surface area is 153 Å². The van der Waals surface area contributed by atoms with Crippen LogP contribution >= 0.6 is 11.8 Å². The van der Waals surface area contributed by atoms with Crippen LogP contribution in [0, 0.1) is 0 Å². The van der Waals surface area contributed by atoms with Crippen LogP contribution in [0.2, 0.25) is 0 Å². The molecule has 1 aliphatic heterocycles. The van der Waals surface area contributed by atoms with Crippen LogP contribution in [0.4, 0.5) is 0 Å². The van der Waals surface area contributed by atoms with Crippen LogP contribution in [-0.2, 0) is 6.42 Å². The molecule has 0 aliphatic carbocycles. The fraction of sp³-hybridized carbons (Fsp3) is 0.300. The third-order valence-electron chi connectivity index (χ3n) is 4.22. The lowest BCUT2D eigenvalue weighted by Crippen LogP contribution is -2.31. The predicted molar refractivity (Wildman–Crippen MR) is 104 cm³/mol. The number of nitrogens with two attached hydrogens (primary N) is 1. The Morgan fingerprint density at radius 2 is 1.76 bits per heavy atom. The molecule has 4 nitrogen and oxygen atoms in total. The van der Waals surface area contributed by atoms with Crippen molar-refractivity contribution in [3.05, 3.63) is 70.8 Å². The summed E-state index contributed by atoms with van der Waals surface area (Å²) in [7, 11) is 1.68. The van der Waals surface area contributed by atoms with E-state index < -0.39 is 0 Å². The van der Waals surface area contributed by atoms with Crippen molar-refractivity contribution in [3.8, 4) is 11.5 Å². The number of ether oxygens (including phenoxy) is 2. The molecule has 3 rings (SSSR count). The molecule has 0 saturated heterocycles. The van der Waals surface area contributed by atoms with Gasteiger partial charge in [0.05, 0.1) is 13.7 Å². The average Bonchev–Trinajstić information content (AvgIpc) is 3.07. The summed E-state index contributed by atoms with van der Waals surface area (Å²) in [5, 5.41) is 5.52. The van der Waals surface area contributed by atoms with E-state index in [1.807, 2.05) is 31.2 Å². The number of rotatable bonds is 7. The summed E-state index contributed by atoms with van der Waals surface area (Å²) in [5.74, 6) is 2.00. The summed E-state index contributed by atoms with van der Waals surface area (Å²) in [6, 6.07) is 16.6. The lowest BCUT2D eigenvalue weighted by atomic mass is 9.89. The normalized spacial score (nSPS) is 17.6. The lowest BCUT2D eigenvalue weighted by Gasteiger charge is -2.21. The Morgan fingerprint density at radius 3 is 2.32 bits per heavy atom. The molecule has 0 aromatic heterocycles. The van der Waals surface area contributed by atoms with Gasteiger partial charge in [-0.15, -0.1) is 0 Å². The molecule has 0 amide bonds. The van der Waals surface area contributed by atoms with Crippen LogP contribution in [0.25, 0.3) is 0 Å². The molecule has 5 heteroatoms. The number of hydrogen-bond acceptors (Lipinski definition) is 5. The van der Waals surface area contributed by atoms with Gasteiger partial charge in [0.1, 0.15) is 17.0 Å². The first kappa shape index (κ1) is 17.7. The molecule has 25 heavy (non-hydrogen) atoms. The molecule has 1 heterocycles. The highest BCUT2D eigenvalue weighted by molar-refractivity contribution is 8.02. The van der Waals surface area contributed by atoms with Crippen LogP contribution in [-0.4, -0.2) is 19.2 Å². The summed E-state index contributed by atoms with van der Waals surface area (Å²) in [6.07, 6.45) is 0.893. The van der Waals surface area contributed by atoms with E-state index in [4.69, 9.17) is 15.2 Å². The van der Waals surface area contributed by atoms with Crippen molar-refractivity contribution >= 4 is 11.8 Å². The zero-order chi connectivity index (χ0) is 17.6. The van der Waals surface area contributed by atoms with E-state index in [0.717, 1.165) is 23.6 Å². The Morgan fingerprint density at radius 1 is 1.08 bits per heavy atom. The van der Waals surface area contributed by atoms with Crippen molar-refractivity contribution in [1.82, 2.24) is 5.32 Å². The highest BCUT2D eigenvalue weighted by Gasteiger charge is 2.23. The quantitative estimate of drug-likeness (QED) is 0.789. The fourth-order valence-corrected chi connectivity index (χ4v) is 3.66. The number of nitrogens with one attached hydrogen (secondary N) is 1. The lowest BCUT2D eigenvalue weighted by molar-refractivity contribution is 0.340. The van der Waals surface area contributed by atoms with Gasteiger partial charge in [-0.2, -0.15) is 0 Å². The van der Waals surface area contributed by atoms with Crippen LogP contribution < -0.4 is 20.5 Å². The Balaban J connectivity index is 1.84. The van der Waals surface area contributed by atoms with E-state index >= 15 is 0 Å². The smallest absolute Gasteiger partial charge is 0.127 e.